The fourth-order valence-corrected chi connectivity index (χ4v) is 4.11. The van der Waals surface area contributed by atoms with Crippen LogP contribution in [0.5, 0.6) is 0 Å². The summed E-state index contributed by atoms with van der Waals surface area (Å²) in [5, 5.41) is 11.2. The molecule has 18 heavy (non-hydrogen) atoms. The predicted molar refractivity (Wildman–Crippen MR) is 75.5 cm³/mol. The number of hydrogen-bond donors (Lipinski definition) is 2. The molecule has 3 heteroatoms. The van der Waals surface area contributed by atoms with Crippen molar-refractivity contribution in [3.63, 3.8) is 0 Å². The van der Waals surface area contributed by atoms with Crippen molar-refractivity contribution in [3.8, 4) is 0 Å². The van der Waals surface area contributed by atoms with E-state index in [-0.39, 0.29) is 5.41 Å². The molecule has 3 nitrogen and oxygen atoms in total. The summed E-state index contributed by atoms with van der Waals surface area (Å²) in [6.45, 7) is 6.15. The van der Waals surface area contributed by atoms with Crippen molar-refractivity contribution in [2.24, 2.45) is 11.1 Å². The smallest absolute Gasteiger partial charge is 0.0728 e. The van der Waals surface area contributed by atoms with Crippen molar-refractivity contribution in [1.82, 2.24) is 4.90 Å². The monoisotopic (exact) mass is 254 g/mol. The van der Waals surface area contributed by atoms with Crippen LogP contribution in [0.4, 0.5) is 0 Å². The normalized spacial score (nSPS) is 34.2. The Morgan fingerprint density at radius 2 is 1.72 bits per heavy atom. The van der Waals surface area contributed by atoms with Gasteiger partial charge in [0, 0.05) is 18.5 Å². The van der Waals surface area contributed by atoms with E-state index in [1.54, 1.807) is 0 Å². The van der Waals surface area contributed by atoms with Gasteiger partial charge in [0.1, 0.15) is 0 Å². The molecular weight excluding hydrogens is 224 g/mol. The average Bonchev–Trinajstić information content (AvgIpc) is 2.62. The molecule has 1 aliphatic heterocycles. The Morgan fingerprint density at radius 3 is 2.33 bits per heavy atom. The molecule has 2 rings (SSSR count). The number of aliphatic hydroxyl groups is 1. The van der Waals surface area contributed by atoms with E-state index in [1.807, 2.05) is 0 Å². The third kappa shape index (κ3) is 2.59. The maximum Gasteiger partial charge on any atom is 0.0728 e. The highest BCUT2D eigenvalue weighted by Gasteiger charge is 2.49. The Hall–Kier alpha value is -0.120. The van der Waals surface area contributed by atoms with Crippen LogP contribution in [0.1, 0.15) is 58.3 Å². The third-order valence-electron chi connectivity index (χ3n) is 5.54. The Balaban J connectivity index is 2.12. The van der Waals surface area contributed by atoms with Gasteiger partial charge < -0.3 is 15.7 Å². The highest BCUT2D eigenvalue weighted by Crippen LogP contribution is 2.48. The summed E-state index contributed by atoms with van der Waals surface area (Å²) in [6, 6.07) is 0. The van der Waals surface area contributed by atoms with Gasteiger partial charge in [-0.15, -0.1) is 0 Å². The maximum absolute atomic E-state index is 11.2. The molecule has 0 radical (unpaired) electrons. The molecule has 0 bridgehead atoms. The molecule has 1 aliphatic carbocycles. The van der Waals surface area contributed by atoms with E-state index in [0.29, 0.717) is 6.54 Å². The van der Waals surface area contributed by atoms with E-state index in [4.69, 9.17) is 5.73 Å². The summed E-state index contributed by atoms with van der Waals surface area (Å²) in [6.07, 6.45) is 9.05. The quantitative estimate of drug-likeness (QED) is 0.811. The minimum absolute atomic E-state index is 0.00893. The first-order valence-electron chi connectivity index (χ1n) is 7.81. The van der Waals surface area contributed by atoms with E-state index >= 15 is 0 Å². The molecule has 0 amide bonds. The number of nitrogens with two attached hydrogens (primary N) is 1. The summed E-state index contributed by atoms with van der Waals surface area (Å²) in [7, 11) is 0. The zero-order valence-corrected chi connectivity index (χ0v) is 12.0. The lowest BCUT2D eigenvalue weighted by Crippen LogP contribution is -2.54. The fourth-order valence-electron chi connectivity index (χ4n) is 4.11. The summed E-state index contributed by atoms with van der Waals surface area (Å²) in [5.41, 5.74) is 5.60. The third-order valence-corrected chi connectivity index (χ3v) is 5.54. The second-order valence-electron chi connectivity index (χ2n) is 6.36. The zero-order chi connectivity index (χ0) is 13.1. The minimum Gasteiger partial charge on any atom is -0.389 e. The molecule has 2 aliphatic rings. The van der Waals surface area contributed by atoms with Crippen LogP contribution in [-0.2, 0) is 0 Å². The SMILES string of the molecule is CCN1CCCC(O)(C2(CN)CCCCC2)CC1. The molecule has 2 fully saturated rings. The largest absolute Gasteiger partial charge is 0.389 e. The van der Waals surface area contributed by atoms with Crippen LogP contribution < -0.4 is 5.73 Å². The van der Waals surface area contributed by atoms with Crippen LogP contribution in [0.15, 0.2) is 0 Å². The fraction of sp³-hybridized carbons (Fsp3) is 1.00. The Morgan fingerprint density at radius 1 is 1.00 bits per heavy atom. The number of rotatable bonds is 3. The van der Waals surface area contributed by atoms with Gasteiger partial charge in [-0.25, -0.2) is 0 Å². The lowest BCUT2D eigenvalue weighted by atomic mass is 9.61. The standard InChI is InChI=1S/C15H30N2O/c1-2-17-11-6-9-15(18,10-12-17)14(13-16)7-4-3-5-8-14/h18H,2-13,16H2,1H3. The molecule has 1 saturated carbocycles. The Labute approximate surface area is 112 Å². The van der Waals surface area contributed by atoms with Crippen LogP contribution in [0.2, 0.25) is 0 Å². The van der Waals surface area contributed by atoms with E-state index in [0.717, 1.165) is 51.7 Å². The van der Waals surface area contributed by atoms with E-state index in [1.165, 1.54) is 19.3 Å². The first-order chi connectivity index (χ1) is 8.66. The highest BCUT2D eigenvalue weighted by atomic mass is 16.3. The molecule has 106 valence electrons. The van der Waals surface area contributed by atoms with Crippen molar-refractivity contribution in [2.75, 3.05) is 26.2 Å². The van der Waals surface area contributed by atoms with Gasteiger partial charge in [0.15, 0.2) is 0 Å². The molecule has 1 atom stereocenters. The number of nitrogens with zero attached hydrogens (tertiary/aromatic N) is 1. The van der Waals surface area contributed by atoms with Gasteiger partial charge in [-0.05, 0) is 45.2 Å². The molecule has 1 heterocycles. The predicted octanol–water partition coefficient (Wildman–Crippen LogP) is 2.13. The lowest BCUT2D eigenvalue weighted by Gasteiger charge is -2.49. The van der Waals surface area contributed by atoms with Crippen LogP contribution in [0, 0.1) is 5.41 Å². The van der Waals surface area contributed by atoms with Crippen LogP contribution in [-0.4, -0.2) is 41.8 Å². The van der Waals surface area contributed by atoms with Gasteiger partial charge in [-0.1, -0.05) is 26.2 Å². The van der Waals surface area contributed by atoms with E-state index < -0.39 is 5.60 Å². The summed E-state index contributed by atoms with van der Waals surface area (Å²) in [4.78, 5) is 2.46. The first kappa shape index (κ1) is 14.3. The first-order valence-corrected chi connectivity index (χ1v) is 7.81. The van der Waals surface area contributed by atoms with Crippen LogP contribution in [0.25, 0.3) is 0 Å². The van der Waals surface area contributed by atoms with Crippen molar-refractivity contribution in [1.29, 1.82) is 0 Å². The Bertz CT molecular complexity index is 263. The van der Waals surface area contributed by atoms with Crippen LogP contribution >= 0.6 is 0 Å². The van der Waals surface area contributed by atoms with Gasteiger partial charge >= 0.3 is 0 Å². The van der Waals surface area contributed by atoms with Crippen LogP contribution in [0.3, 0.4) is 0 Å². The summed E-state index contributed by atoms with van der Waals surface area (Å²) < 4.78 is 0. The molecule has 3 N–H and O–H groups in total. The highest BCUT2D eigenvalue weighted by molar-refractivity contribution is 5.02. The van der Waals surface area contributed by atoms with Gasteiger partial charge in [0.05, 0.1) is 5.60 Å². The average molecular weight is 254 g/mol. The number of hydrogen-bond acceptors (Lipinski definition) is 3. The second kappa shape index (κ2) is 5.89. The molecule has 0 aromatic carbocycles. The molecule has 1 saturated heterocycles. The minimum atomic E-state index is -0.508. The van der Waals surface area contributed by atoms with E-state index in [2.05, 4.69) is 11.8 Å². The van der Waals surface area contributed by atoms with Gasteiger partial charge in [0.25, 0.3) is 0 Å². The van der Waals surface area contributed by atoms with Crippen molar-refractivity contribution in [3.05, 3.63) is 0 Å². The second-order valence-corrected chi connectivity index (χ2v) is 6.36. The van der Waals surface area contributed by atoms with Crippen molar-refractivity contribution < 1.29 is 5.11 Å². The maximum atomic E-state index is 11.2. The topological polar surface area (TPSA) is 49.5 Å². The van der Waals surface area contributed by atoms with Crippen molar-refractivity contribution in [2.45, 2.75) is 63.9 Å². The molecule has 0 aromatic heterocycles. The Kier molecular flexibility index (Phi) is 4.68. The van der Waals surface area contributed by atoms with Gasteiger partial charge in [0.2, 0.25) is 0 Å². The molecule has 0 spiro atoms. The molecule has 1 unspecified atom stereocenters. The number of likely N-dealkylation sites (tertiary alicyclic amines) is 1. The van der Waals surface area contributed by atoms with E-state index in [9.17, 15) is 5.11 Å². The summed E-state index contributed by atoms with van der Waals surface area (Å²) >= 11 is 0. The van der Waals surface area contributed by atoms with Gasteiger partial charge in [-0.3, -0.25) is 0 Å². The molecular formula is C15H30N2O. The molecule has 0 aromatic rings. The lowest BCUT2D eigenvalue weighted by molar-refractivity contribution is -0.108. The van der Waals surface area contributed by atoms with Crippen molar-refractivity contribution >= 4 is 0 Å². The summed E-state index contributed by atoms with van der Waals surface area (Å²) in [5.74, 6) is 0. The zero-order valence-electron chi connectivity index (χ0n) is 12.0. The van der Waals surface area contributed by atoms with Gasteiger partial charge in [-0.2, -0.15) is 0 Å².